The molecule has 0 bridgehead atoms. The lowest BCUT2D eigenvalue weighted by atomic mass is 10.1. The summed E-state index contributed by atoms with van der Waals surface area (Å²) in [5.41, 5.74) is 3.43. The zero-order valence-electron chi connectivity index (χ0n) is 13.8. The van der Waals surface area contributed by atoms with E-state index >= 15 is 0 Å². The molecule has 0 unspecified atom stereocenters. The highest BCUT2D eigenvalue weighted by Gasteiger charge is 2.24. The molecule has 0 radical (unpaired) electrons. The highest BCUT2D eigenvalue weighted by Crippen LogP contribution is 2.30. The SMILES string of the molecule is CCC(=O)N1CCc2cc(C(=O)Nc3nc4ccccc4s3)ccc21. The fourth-order valence-electron chi connectivity index (χ4n) is 3.09. The van der Waals surface area contributed by atoms with Crippen LogP contribution in [0.15, 0.2) is 42.5 Å². The topological polar surface area (TPSA) is 62.3 Å². The van der Waals surface area contributed by atoms with Gasteiger partial charge in [-0.15, -0.1) is 0 Å². The van der Waals surface area contributed by atoms with E-state index in [9.17, 15) is 9.59 Å². The molecule has 0 spiro atoms. The van der Waals surface area contributed by atoms with Crippen LogP contribution in [-0.4, -0.2) is 23.3 Å². The van der Waals surface area contributed by atoms with E-state index in [4.69, 9.17) is 0 Å². The number of amides is 2. The maximum Gasteiger partial charge on any atom is 0.257 e. The van der Waals surface area contributed by atoms with Gasteiger partial charge in [0.2, 0.25) is 5.91 Å². The van der Waals surface area contributed by atoms with Crippen molar-refractivity contribution in [3.63, 3.8) is 0 Å². The predicted molar refractivity (Wildman–Crippen MR) is 100 cm³/mol. The van der Waals surface area contributed by atoms with Crippen molar-refractivity contribution < 1.29 is 9.59 Å². The average molecular weight is 351 g/mol. The molecule has 5 nitrogen and oxygen atoms in total. The number of aromatic nitrogens is 1. The van der Waals surface area contributed by atoms with Crippen LogP contribution >= 0.6 is 11.3 Å². The van der Waals surface area contributed by atoms with Crippen molar-refractivity contribution in [2.75, 3.05) is 16.8 Å². The standard InChI is InChI=1S/C19H17N3O2S/c1-2-17(23)22-10-9-12-11-13(7-8-15(12)22)18(24)21-19-20-14-5-3-4-6-16(14)25-19/h3-8,11H,2,9-10H2,1H3,(H,20,21,24). The van der Waals surface area contributed by atoms with Crippen LogP contribution in [0.1, 0.15) is 29.3 Å². The molecule has 0 saturated heterocycles. The van der Waals surface area contributed by atoms with Crippen molar-refractivity contribution in [1.29, 1.82) is 0 Å². The van der Waals surface area contributed by atoms with E-state index in [0.717, 1.165) is 27.9 Å². The molecule has 1 N–H and O–H groups in total. The van der Waals surface area contributed by atoms with Gasteiger partial charge in [-0.25, -0.2) is 4.98 Å². The molecule has 0 atom stereocenters. The van der Waals surface area contributed by atoms with Gasteiger partial charge < -0.3 is 4.90 Å². The smallest absolute Gasteiger partial charge is 0.257 e. The molecule has 1 aliphatic rings. The van der Waals surface area contributed by atoms with Crippen LogP contribution in [-0.2, 0) is 11.2 Å². The monoisotopic (exact) mass is 351 g/mol. The van der Waals surface area contributed by atoms with Crippen molar-refractivity contribution in [3.05, 3.63) is 53.6 Å². The van der Waals surface area contributed by atoms with Crippen molar-refractivity contribution in [2.45, 2.75) is 19.8 Å². The fraction of sp³-hybridized carbons (Fsp3) is 0.211. The van der Waals surface area contributed by atoms with Crippen molar-refractivity contribution >= 4 is 44.2 Å². The maximum absolute atomic E-state index is 12.5. The third-order valence-electron chi connectivity index (χ3n) is 4.36. The Balaban J connectivity index is 1.56. The summed E-state index contributed by atoms with van der Waals surface area (Å²) < 4.78 is 1.04. The normalized spacial score (nSPS) is 13.1. The van der Waals surface area contributed by atoms with Gasteiger partial charge in [0, 0.05) is 24.2 Å². The van der Waals surface area contributed by atoms with Gasteiger partial charge in [-0.05, 0) is 42.3 Å². The zero-order chi connectivity index (χ0) is 17.4. The molecule has 2 amide bonds. The molecule has 126 valence electrons. The van der Waals surface area contributed by atoms with Crippen LogP contribution in [0.25, 0.3) is 10.2 Å². The number of hydrogen-bond donors (Lipinski definition) is 1. The van der Waals surface area contributed by atoms with Crippen LogP contribution in [0.5, 0.6) is 0 Å². The van der Waals surface area contributed by atoms with Crippen molar-refractivity contribution in [1.82, 2.24) is 4.98 Å². The molecule has 1 aromatic heterocycles. The number of thiazole rings is 1. The van der Waals surface area contributed by atoms with E-state index in [-0.39, 0.29) is 11.8 Å². The largest absolute Gasteiger partial charge is 0.312 e. The lowest BCUT2D eigenvalue weighted by Gasteiger charge is -2.16. The molecule has 0 fully saturated rings. The molecule has 6 heteroatoms. The van der Waals surface area contributed by atoms with E-state index in [1.54, 1.807) is 11.0 Å². The second kappa shape index (κ2) is 6.29. The Morgan fingerprint density at radius 1 is 1.24 bits per heavy atom. The third kappa shape index (κ3) is 2.89. The van der Waals surface area contributed by atoms with E-state index in [1.165, 1.54) is 11.3 Å². The lowest BCUT2D eigenvalue weighted by molar-refractivity contribution is -0.118. The van der Waals surface area contributed by atoms with Gasteiger partial charge in [-0.3, -0.25) is 14.9 Å². The van der Waals surface area contributed by atoms with Gasteiger partial charge in [-0.2, -0.15) is 0 Å². The van der Waals surface area contributed by atoms with Crippen LogP contribution in [0.2, 0.25) is 0 Å². The number of fused-ring (bicyclic) bond motifs is 2. The molecular weight excluding hydrogens is 334 g/mol. The number of anilines is 2. The number of hydrogen-bond acceptors (Lipinski definition) is 4. The Kier molecular flexibility index (Phi) is 3.97. The maximum atomic E-state index is 12.5. The molecule has 1 aliphatic heterocycles. The Bertz CT molecular complexity index is 947. The first kappa shape index (κ1) is 15.8. The minimum atomic E-state index is -0.179. The summed E-state index contributed by atoms with van der Waals surface area (Å²) in [5, 5.41) is 3.46. The van der Waals surface area contributed by atoms with E-state index in [0.29, 0.717) is 23.7 Å². The summed E-state index contributed by atoms with van der Waals surface area (Å²) >= 11 is 1.46. The molecule has 25 heavy (non-hydrogen) atoms. The first-order valence-corrected chi connectivity index (χ1v) is 9.07. The van der Waals surface area contributed by atoms with E-state index in [2.05, 4.69) is 10.3 Å². The van der Waals surface area contributed by atoms with Gasteiger partial charge >= 0.3 is 0 Å². The fourth-order valence-corrected chi connectivity index (χ4v) is 3.95. The Labute approximate surface area is 149 Å². The van der Waals surface area contributed by atoms with Gasteiger partial charge in [0.15, 0.2) is 5.13 Å². The summed E-state index contributed by atoms with van der Waals surface area (Å²) in [7, 11) is 0. The lowest BCUT2D eigenvalue weighted by Crippen LogP contribution is -2.27. The van der Waals surface area contributed by atoms with Gasteiger partial charge in [0.05, 0.1) is 10.2 Å². The predicted octanol–water partition coefficient (Wildman–Crippen LogP) is 3.85. The van der Waals surface area contributed by atoms with E-state index in [1.807, 2.05) is 43.3 Å². The third-order valence-corrected chi connectivity index (χ3v) is 5.31. The van der Waals surface area contributed by atoms with Crippen molar-refractivity contribution in [3.8, 4) is 0 Å². The minimum Gasteiger partial charge on any atom is -0.312 e. The zero-order valence-corrected chi connectivity index (χ0v) is 14.6. The number of rotatable bonds is 3. The van der Waals surface area contributed by atoms with Crippen LogP contribution < -0.4 is 10.2 Å². The Hall–Kier alpha value is -2.73. The first-order chi connectivity index (χ1) is 12.2. The van der Waals surface area contributed by atoms with Gasteiger partial charge in [-0.1, -0.05) is 30.4 Å². The summed E-state index contributed by atoms with van der Waals surface area (Å²) in [6.45, 7) is 2.55. The number of nitrogens with zero attached hydrogens (tertiary/aromatic N) is 2. The molecule has 2 aromatic carbocycles. The molecule has 4 rings (SSSR count). The molecular formula is C19H17N3O2S. The minimum absolute atomic E-state index is 0.116. The molecule has 3 aromatic rings. The van der Waals surface area contributed by atoms with Gasteiger partial charge in [0.25, 0.3) is 5.91 Å². The van der Waals surface area contributed by atoms with Crippen molar-refractivity contribution in [2.24, 2.45) is 0 Å². The quantitative estimate of drug-likeness (QED) is 0.780. The Morgan fingerprint density at radius 3 is 2.88 bits per heavy atom. The summed E-state index contributed by atoms with van der Waals surface area (Å²) in [5.74, 6) is -0.0625. The van der Waals surface area contributed by atoms with Crippen LogP contribution in [0.3, 0.4) is 0 Å². The first-order valence-electron chi connectivity index (χ1n) is 8.26. The highest BCUT2D eigenvalue weighted by atomic mass is 32.1. The van der Waals surface area contributed by atoms with Gasteiger partial charge in [0.1, 0.15) is 0 Å². The number of para-hydroxylation sites is 1. The number of benzene rings is 2. The van der Waals surface area contributed by atoms with Crippen LogP contribution in [0.4, 0.5) is 10.8 Å². The average Bonchev–Trinajstić information content (AvgIpc) is 3.23. The van der Waals surface area contributed by atoms with Crippen LogP contribution in [0, 0.1) is 0 Å². The molecule has 0 saturated carbocycles. The summed E-state index contributed by atoms with van der Waals surface area (Å²) in [6, 6.07) is 13.3. The highest BCUT2D eigenvalue weighted by molar-refractivity contribution is 7.22. The Morgan fingerprint density at radius 2 is 2.08 bits per heavy atom. The number of carbonyl (C=O) groups is 2. The molecule has 2 heterocycles. The second-order valence-electron chi connectivity index (χ2n) is 5.93. The second-order valence-corrected chi connectivity index (χ2v) is 6.96. The summed E-state index contributed by atoms with van der Waals surface area (Å²) in [6.07, 6.45) is 1.27. The number of nitrogens with one attached hydrogen (secondary N) is 1. The summed E-state index contributed by atoms with van der Waals surface area (Å²) in [4.78, 5) is 30.7. The number of carbonyl (C=O) groups excluding carboxylic acids is 2. The molecule has 0 aliphatic carbocycles. The van der Waals surface area contributed by atoms with E-state index < -0.39 is 0 Å².